The van der Waals surface area contributed by atoms with Crippen molar-refractivity contribution in [1.82, 2.24) is 9.80 Å². The summed E-state index contributed by atoms with van der Waals surface area (Å²) < 4.78 is 10.9. The van der Waals surface area contributed by atoms with Crippen molar-refractivity contribution in [3.05, 3.63) is 65.3 Å². The molecule has 0 unspecified atom stereocenters. The number of Topliss-reactive ketones (excluding diaryl/α,β-unsaturated/α-hetero) is 1. The molecule has 1 aromatic heterocycles. The van der Waals surface area contributed by atoms with Crippen molar-refractivity contribution in [1.29, 1.82) is 0 Å². The lowest BCUT2D eigenvalue weighted by atomic mass is 9.95. The van der Waals surface area contributed by atoms with Gasteiger partial charge in [-0.1, -0.05) is 19.1 Å². The maximum atomic E-state index is 13.1. The van der Waals surface area contributed by atoms with Crippen molar-refractivity contribution >= 4 is 11.7 Å². The highest BCUT2D eigenvalue weighted by Crippen LogP contribution is 2.39. The molecule has 1 amide bonds. The summed E-state index contributed by atoms with van der Waals surface area (Å²) in [6.07, 6.45) is 2.25. The van der Waals surface area contributed by atoms with Gasteiger partial charge >= 0.3 is 0 Å². The molecular weight excluding hydrogens is 372 g/mol. The number of nitrogens with zero attached hydrogens (tertiary/aromatic N) is 2. The third-order valence-electron chi connectivity index (χ3n) is 4.73. The van der Waals surface area contributed by atoms with E-state index in [1.165, 1.54) is 17.2 Å². The highest BCUT2D eigenvalue weighted by Gasteiger charge is 2.44. The summed E-state index contributed by atoms with van der Waals surface area (Å²) in [7, 11) is 3.80. The largest absolute Gasteiger partial charge is 0.503 e. The fraction of sp³-hybridized carbons (Fsp3) is 0.364. The molecule has 2 heterocycles. The maximum Gasteiger partial charge on any atom is 0.290 e. The van der Waals surface area contributed by atoms with Crippen LogP contribution in [0.25, 0.3) is 0 Å². The van der Waals surface area contributed by atoms with E-state index in [2.05, 4.69) is 0 Å². The lowest BCUT2D eigenvalue weighted by molar-refractivity contribution is -0.129. The standard InChI is InChI=1S/C22H26N2O5/c1-4-12-28-16-8-5-7-15(14-16)19-18(20(25)17-9-6-13-29-17)21(26)22(27)24(19)11-10-23(2)3/h5-9,13-14,19,26H,4,10-12H2,1-3H3/t19-/m1/s1. The number of furan rings is 1. The van der Waals surface area contributed by atoms with Crippen LogP contribution >= 0.6 is 0 Å². The van der Waals surface area contributed by atoms with Gasteiger partial charge in [-0.05, 0) is 50.3 Å². The molecule has 0 saturated carbocycles. The third kappa shape index (κ3) is 4.35. The first kappa shape index (κ1) is 20.7. The number of ether oxygens (including phenoxy) is 1. The number of rotatable bonds is 9. The van der Waals surface area contributed by atoms with E-state index in [0.29, 0.717) is 31.0 Å². The average molecular weight is 398 g/mol. The van der Waals surface area contributed by atoms with Gasteiger partial charge in [0.1, 0.15) is 5.75 Å². The van der Waals surface area contributed by atoms with Crippen molar-refractivity contribution in [2.75, 3.05) is 33.8 Å². The van der Waals surface area contributed by atoms with Crippen molar-refractivity contribution in [2.24, 2.45) is 0 Å². The summed E-state index contributed by atoms with van der Waals surface area (Å²) in [5.74, 6) is -0.863. The number of ketones is 1. The van der Waals surface area contributed by atoms with Crippen LogP contribution in [-0.4, -0.2) is 60.4 Å². The molecule has 29 heavy (non-hydrogen) atoms. The number of carbonyl (C=O) groups excluding carboxylic acids is 2. The Kier molecular flexibility index (Phi) is 6.39. The minimum absolute atomic E-state index is 0.0244. The van der Waals surface area contributed by atoms with Gasteiger partial charge in [-0.3, -0.25) is 9.59 Å². The number of hydrogen-bond acceptors (Lipinski definition) is 6. The van der Waals surface area contributed by atoms with Gasteiger partial charge in [-0.2, -0.15) is 0 Å². The molecule has 7 heteroatoms. The first-order valence-electron chi connectivity index (χ1n) is 9.63. The van der Waals surface area contributed by atoms with Crippen LogP contribution in [0.5, 0.6) is 5.75 Å². The van der Waals surface area contributed by atoms with Gasteiger partial charge < -0.3 is 24.1 Å². The fourth-order valence-electron chi connectivity index (χ4n) is 3.31. The van der Waals surface area contributed by atoms with E-state index in [9.17, 15) is 14.7 Å². The first-order chi connectivity index (χ1) is 13.9. The van der Waals surface area contributed by atoms with E-state index in [1.54, 1.807) is 6.07 Å². The molecular formula is C22H26N2O5. The SMILES string of the molecule is CCCOc1cccc([C@@H]2C(C(=O)c3ccco3)=C(O)C(=O)N2CCN(C)C)c1. The number of likely N-dealkylation sites (N-methyl/N-ethyl adjacent to an activating group) is 1. The van der Waals surface area contributed by atoms with E-state index in [1.807, 2.05) is 50.2 Å². The Labute approximate surface area is 170 Å². The fourth-order valence-corrected chi connectivity index (χ4v) is 3.31. The lowest BCUT2D eigenvalue weighted by Crippen LogP contribution is -2.36. The number of aliphatic hydroxyl groups excluding tert-OH is 1. The van der Waals surface area contributed by atoms with Crippen LogP contribution in [0, 0.1) is 0 Å². The van der Waals surface area contributed by atoms with Gasteiger partial charge in [0.15, 0.2) is 11.5 Å². The molecule has 0 bridgehead atoms. The van der Waals surface area contributed by atoms with E-state index in [4.69, 9.17) is 9.15 Å². The topological polar surface area (TPSA) is 83.2 Å². The predicted octanol–water partition coefficient (Wildman–Crippen LogP) is 3.21. The van der Waals surface area contributed by atoms with Gasteiger partial charge in [0.05, 0.1) is 24.5 Å². The zero-order valence-electron chi connectivity index (χ0n) is 16.9. The predicted molar refractivity (Wildman–Crippen MR) is 108 cm³/mol. The Hall–Kier alpha value is -3.06. The zero-order chi connectivity index (χ0) is 21.0. The third-order valence-corrected chi connectivity index (χ3v) is 4.73. The first-order valence-corrected chi connectivity index (χ1v) is 9.63. The number of aliphatic hydroxyl groups is 1. The Morgan fingerprint density at radius 3 is 2.72 bits per heavy atom. The molecule has 1 atom stereocenters. The van der Waals surface area contributed by atoms with Crippen molar-refractivity contribution in [3.63, 3.8) is 0 Å². The molecule has 1 aromatic carbocycles. The molecule has 3 rings (SSSR count). The number of carbonyl (C=O) groups is 2. The Bertz CT molecular complexity index is 902. The van der Waals surface area contributed by atoms with Crippen LogP contribution in [0.2, 0.25) is 0 Å². The Balaban J connectivity index is 2.03. The molecule has 1 N–H and O–H groups in total. The number of amides is 1. The number of benzene rings is 1. The van der Waals surface area contributed by atoms with Crippen molar-refractivity contribution < 1.29 is 23.8 Å². The minimum atomic E-state index is -0.717. The van der Waals surface area contributed by atoms with Crippen LogP contribution in [-0.2, 0) is 4.79 Å². The van der Waals surface area contributed by atoms with Crippen LogP contribution in [0.3, 0.4) is 0 Å². The van der Waals surface area contributed by atoms with Crippen LogP contribution < -0.4 is 4.74 Å². The van der Waals surface area contributed by atoms with Crippen LogP contribution in [0.15, 0.2) is 58.4 Å². The number of hydrogen-bond donors (Lipinski definition) is 1. The lowest BCUT2D eigenvalue weighted by Gasteiger charge is -2.28. The van der Waals surface area contributed by atoms with Gasteiger partial charge in [-0.15, -0.1) is 0 Å². The monoisotopic (exact) mass is 398 g/mol. The van der Waals surface area contributed by atoms with Gasteiger partial charge in [0.2, 0.25) is 5.78 Å². The normalized spacial score (nSPS) is 16.8. The van der Waals surface area contributed by atoms with E-state index in [-0.39, 0.29) is 11.3 Å². The molecule has 0 fully saturated rings. The minimum Gasteiger partial charge on any atom is -0.503 e. The quantitative estimate of drug-likeness (QED) is 0.653. The summed E-state index contributed by atoms with van der Waals surface area (Å²) in [4.78, 5) is 29.3. The van der Waals surface area contributed by atoms with Gasteiger partial charge in [0.25, 0.3) is 5.91 Å². The van der Waals surface area contributed by atoms with Crippen LogP contribution in [0.4, 0.5) is 0 Å². The summed E-state index contributed by atoms with van der Waals surface area (Å²) in [6.45, 7) is 3.53. The second-order valence-corrected chi connectivity index (χ2v) is 7.19. The van der Waals surface area contributed by atoms with E-state index < -0.39 is 23.5 Å². The summed E-state index contributed by atoms with van der Waals surface area (Å²) >= 11 is 0. The summed E-state index contributed by atoms with van der Waals surface area (Å²) in [5, 5.41) is 10.6. The molecule has 0 spiro atoms. The van der Waals surface area contributed by atoms with Gasteiger partial charge in [0, 0.05) is 13.1 Å². The van der Waals surface area contributed by atoms with E-state index in [0.717, 1.165) is 6.42 Å². The van der Waals surface area contributed by atoms with E-state index >= 15 is 0 Å². The smallest absolute Gasteiger partial charge is 0.290 e. The highest BCUT2D eigenvalue weighted by atomic mass is 16.5. The van der Waals surface area contributed by atoms with Crippen molar-refractivity contribution in [2.45, 2.75) is 19.4 Å². The van der Waals surface area contributed by atoms with Gasteiger partial charge in [-0.25, -0.2) is 0 Å². The molecule has 154 valence electrons. The molecule has 2 aromatic rings. The average Bonchev–Trinajstić information content (AvgIpc) is 3.32. The highest BCUT2D eigenvalue weighted by molar-refractivity contribution is 6.15. The zero-order valence-corrected chi connectivity index (χ0v) is 16.9. The second-order valence-electron chi connectivity index (χ2n) is 7.19. The molecule has 1 aliphatic rings. The molecule has 7 nitrogen and oxygen atoms in total. The summed E-state index contributed by atoms with van der Waals surface area (Å²) in [6, 6.07) is 9.69. The maximum absolute atomic E-state index is 13.1. The summed E-state index contributed by atoms with van der Waals surface area (Å²) in [5.41, 5.74) is 0.723. The Morgan fingerprint density at radius 1 is 1.28 bits per heavy atom. The Morgan fingerprint density at radius 2 is 2.07 bits per heavy atom. The van der Waals surface area contributed by atoms with Crippen molar-refractivity contribution in [3.8, 4) is 5.75 Å². The molecule has 0 radical (unpaired) electrons. The molecule has 0 aliphatic carbocycles. The second kappa shape index (κ2) is 8.96. The molecule has 1 aliphatic heterocycles. The van der Waals surface area contributed by atoms with Crippen LogP contribution in [0.1, 0.15) is 35.5 Å². The molecule has 0 saturated heterocycles.